The van der Waals surface area contributed by atoms with E-state index in [0.717, 1.165) is 43.3 Å². The molecule has 4 rings (SSSR count). The Kier molecular flexibility index (Phi) is 5.53. The second kappa shape index (κ2) is 8.39. The number of likely N-dealkylation sites (tertiary alicyclic amines) is 1. The predicted octanol–water partition coefficient (Wildman–Crippen LogP) is 2.73. The number of amides is 1. The maximum Gasteiger partial charge on any atom is 0.238 e. The fourth-order valence-electron chi connectivity index (χ4n) is 3.85. The van der Waals surface area contributed by atoms with Gasteiger partial charge in [-0.1, -0.05) is 0 Å². The van der Waals surface area contributed by atoms with Gasteiger partial charge in [-0.25, -0.2) is 9.97 Å². The number of aromatic nitrogens is 4. The number of aryl methyl sites for hydroxylation is 1. The summed E-state index contributed by atoms with van der Waals surface area (Å²) in [7, 11) is 0. The third-order valence-electron chi connectivity index (χ3n) is 5.30. The van der Waals surface area contributed by atoms with Gasteiger partial charge in [0.15, 0.2) is 0 Å². The van der Waals surface area contributed by atoms with Crippen LogP contribution in [0.2, 0.25) is 0 Å². The van der Waals surface area contributed by atoms with Crippen molar-refractivity contribution in [3.63, 3.8) is 0 Å². The molecule has 0 aliphatic carbocycles. The predicted molar refractivity (Wildman–Crippen MR) is 108 cm³/mol. The molecule has 28 heavy (non-hydrogen) atoms. The first-order valence-electron chi connectivity index (χ1n) is 9.76. The second-order valence-corrected chi connectivity index (χ2v) is 7.44. The van der Waals surface area contributed by atoms with Crippen LogP contribution in [0.1, 0.15) is 18.7 Å². The summed E-state index contributed by atoms with van der Waals surface area (Å²) in [5.74, 6) is 1.65. The van der Waals surface area contributed by atoms with E-state index >= 15 is 0 Å². The van der Waals surface area contributed by atoms with Gasteiger partial charge in [-0.05, 0) is 56.5 Å². The summed E-state index contributed by atoms with van der Waals surface area (Å²) in [6, 6.07) is 7.80. The van der Waals surface area contributed by atoms with E-state index in [1.807, 2.05) is 54.3 Å². The molecule has 0 spiro atoms. The molecule has 7 heteroatoms. The first-order valence-corrected chi connectivity index (χ1v) is 9.76. The highest BCUT2D eigenvalue weighted by Crippen LogP contribution is 2.19. The van der Waals surface area contributed by atoms with Crippen LogP contribution >= 0.6 is 0 Å². The lowest BCUT2D eigenvalue weighted by Gasteiger charge is -2.32. The molecule has 1 amide bonds. The van der Waals surface area contributed by atoms with Crippen molar-refractivity contribution in [3.05, 3.63) is 61.2 Å². The molecule has 7 nitrogen and oxygen atoms in total. The van der Waals surface area contributed by atoms with Crippen LogP contribution < -0.4 is 5.32 Å². The zero-order valence-electron chi connectivity index (χ0n) is 16.2. The molecule has 1 saturated heterocycles. The maximum atomic E-state index is 12.5. The van der Waals surface area contributed by atoms with Crippen molar-refractivity contribution in [2.45, 2.75) is 26.3 Å². The molecule has 1 N–H and O–H groups in total. The SMILES string of the molecule is Cc1nccn1CC1CCCN(CC(=O)Nc2ccc(-n3ccnc3)cc2)C1. The molecular formula is C21H26N6O. The average molecular weight is 378 g/mol. The van der Waals surface area contributed by atoms with Gasteiger partial charge in [0.2, 0.25) is 5.91 Å². The van der Waals surface area contributed by atoms with E-state index < -0.39 is 0 Å². The summed E-state index contributed by atoms with van der Waals surface area (Å²) in [4.78, 5) is 23.1. The monoisotopic (exact) mass is 378 g/mol. The average Bonchev–Trinajstić information content (AvgIpc) is 3.35. The van der Waals surface area contributed by atoms with Gasteiger partial charge in [0.25, 0.3) is 0 Å². The number of hydrogen-bond donors (Lipinski definition) is 1. The van der Waals surface area contributed by atoms with Crippen LogP contribution in [0.4, 0.5) is 5.69 Å². The summed E-state index contributed by atoms with van der Waals surface area (Å²) in [5, 5.41) is 3.01. The van der Waals surface area contributed by atoms with Crippen LogP contribution in [-0.2, 0) is 11.3 Å². The Morgan fingerprint density at radius 3 is 2.79 bits per heavy atom. The Morgan fingerprint density at radius 1 is 1.21 bits per heavy atom. The molecular weight excluding hydrogens is 352 g/mol. The topological polar surface area (TPSA) is 68.0 Å². The lowest BCUT2D eigenvalue weighted by molar-refractivity contribution is -0.117. The largest absolute Gasteiger partial charge is 0.335 e. The Morgan fingerprint density at radius 2 is 2.07 bits per heavy atom. The molecule has 1 atom stereocenters. The number of carbonyl (C=O) groups excluding carboxylic acids is 1. The minimum absolute atomic E-state index is 0.0369. The minimum atomic E-state index is 0.0369. The Balaban J connectivity index is 1.29. The van der Waals surface area contributed by atoms with Gasteiger partial charge in [-0.2, -0.15) is 0 Å². The summed E-state index contributed by atoms with van der Waals surface area (Å²) >= 11 is 0. The molecule has 0 radical (unpaired) electrons. The van der Waals surface area contributed by atoms with Crippen LogP contribution in [0.5, 0.6) is 0 Å². The van der Waals surface area contributed by atoms with E-state index in [4.69, 9.17) is 0 Å². The van der Waals surface area contributed by atoms with Crippen molar-refractivity contribution >= 4 is 11.6 Å². The summed E-state index contributed by atoms with van der Waals surface area (Å²) in [5.41, 5.74) is 1.83. The van der Waals surface area contributed by atoms with Crippen molar-refractivity contribution in [2.75, 3.05) is 25.0 Å². The molecule has 2 aromatic heterocycles. The first kappa shape index (κ1) is 18.4. The fraction of sp³-hybridized carbons (Fsp3) is 0.381. The summed E-state index contributed by atoms with van der Waals surface area (Å²) in [6.45, 7) is 5.37. The minimum Gasteiger partial charge on any atom is -0.335 e. The van der Waals surface area contributed by atoms with Gasteiger partial charge in [-0.15, -0.1) is 0 Å². The Bertz CT molecular complexity index is 899. The zero-order chi connectivity index (χ0) is 19.3. The van der Waals surface area contributed by atoms with Gasteiger partial charge < -0.3 is 14.5 Å². The molecule has 1 aliphatic rings. The van der Waals surface area contributed by atoms with Gasteiger partial charge in [0.05, 0.1) is 12.9 Å². The van der Waals surface area contributed by atoms with E-state index in [9.17, 15) is 4.79 Å². The number of nitrogens with zero attached hydrogens (tertiary/aromatic N) is 5. The molecule has 1 fully saturated rings. The third-order valence-corrected chi connectivity index (χ3v) is 5.30. The number of piperidine rings is 1. The Hall–Kier alpha value is -2.93. The molecule has 3 aromatic rings. The van der Waals surface area contributed by atoms with E-state index in [1.54, 1.807) is 12.5 Å². The second-order valence-electron chi connectivity index (χ2n) is 7.44. The molecule has 1 aromatic carbocycles. The first-order chi connectivity index (χ1) is 13.7. The van der Waals surface area contributed by atoms with Crippen molar-refractivity contribution in [1.82, 2.24) is 24.0 Å². The number of carbonyl (C=O) groups is 1. The number of hydrogen-bond acceptors (Lipinski definition) is 4. The standard InChI is InChI=1S/C21H26N6O/c1-17-23-9-12-26(17)14-18-3-2-10-25(13-18)15-21(28)24-19-4-6-20(7-5-19)27-11-8-22-16-27/h4-9,11-12,16,18H,2-3,10,13-15H2,1H3,(H,24,28). The number of benzene rings is 1. The van der Waals surface area contributed by atoms with Crippen LogP contribution in [0.15, 0.2) is 55.4 Å². The zero-order valence-corrected chi connectivity index (χ0v) is 16.2. The highest BCUT2D eigenvalue weighted by Gasteiger charge is 2.22. The Labute approximate surface area is 165 Å². The van der Waals surface area contributed by atoms with E-state index in [-0.39, 0.29) is 5.91 Å². The molecule has 1 unspecified atom stereocenters. The molecule has 3 heterocycles. The molecule has 0 saturated carbocycles. The van der Waals surface area contributed by atoms with Gasteiger partial charge in [0, 0.05) is 49.3 Å². The normalized spacial score (nSPS) is 17.5. The van der Waals surface area contributed by atoms with Crippen LogP contribution in [0, 0.1) is 12.8 Å². The quantitative estimate of drug-likeness (QED) is 0.716. The van der Waals surface area contributed by atoms with Gasteiger partial charge >= 0.3 is 0 Å². The van der Waals surface area contributed by atoms with E-state index in [2.05, 4.69) is 24.8 Å². The smallest absolute Gasteiger partial charge is 0.238 e. The van der Waals surface area contributed by atoms with Gasteiger partial charge in [0.1, 0.15) is 5.82 Å². The van der Waals surface area contributed by atoms with Crippen molar-refractivity contribution in [3.8, 4) is 5.69 Å². The number of anilines is 1. The lowest BCUT2D eigenvalue weighted by atomic mass is 9.98. The third kappa shape index (κ3) is 4.48. The summed E-state index contributed by atoms with van der Waals surface area (Å²) in [6.07, 6.45) is 11.6. The summed E-state index contributed by atoms with van der Waals surface area (Å²) < 4.78 is 4.14. The van der Waals surface area contributed by atoms with E-state index in [1.165, 1.54) is 6.42 Å². The number of imidazole rings is 2. The number of nitrogens with one attached hydrogen (secondary N) is 1. The van der Waals surface area contributed by atoms with Gasteiger partial charge in [-0.3, -0.25) is 9.69 Å². The number of rotatable bonds is 6. The van der Waals surface area contributed by atoms with E-state index in [0.29, 0.717) is 12.5 Å². The highest BCUT2D eigenvalue weighted by atomic mass is 16.2. The highest BCUT2D eigenvalue weighted by molar-refractivity contribution is 5.92. The molecule has 146 valence electrons. The van der Waals surface area contributed by atoms with Crippen LogP contribution in [0.25, 0.3) is 5.69 Å². The van der Waals surface area contributed by atoms with Crippen molar-refractivity contribution in [2.24, 2.45) is 5.92 Å². The van der Waals surface area contributed by atoms with Crippen LogP contribution in [0.3, 0.4) is 0 Å². The van der Waals surface area contributed by atoms with Crippen LogP contribution in [-0.4, -0.2) is 49.5 Å². The molecule has 1 aliphatic heterocycles. The van der Waals surface area contributed by atoms with Crippen molar-refractivity contribution < 1.29 is 4.79 Å². The molecule has 0 bridgehead atoms. The fourth-order valence-corrected chi connectivity index (χ4v) is 3.85. The maximum absolute atomic E-state index is 12.5. The van der Waals surface area contributed by atoms with Crippen molar-refractivity contribution in [1.29, 1.82) is 0 Å². The lowest BCUT2D eigenvalue weighted by Crippen LogP contribution is -2.41.